The zero-order chi connectivity index (χ0) is 11.5. The molecule has 5 heteroatoms. The van der Waals surface area contributed by atoms with Crippen LogP contribution in [0.15, 0.2) is 27.1 Å². The molecule has 0 spiro atoms. The van der Waals surface area contributed by atoms with Crippen molar-refractivity contribution in [3.63, 3.8) is 0 Å². The first-order valence-electron chi connectivity index (χ1n) is 5.01. The number of halogens is 1. The van der Waals surface area contributed by atoms with E-state index in [1.165, 1.54) is 0 Å². The van der Waals surface area contributed by atoms with Crippen molar-refractivity contribution in [2.24, 2.45) is 5.73 Å². The Balaban J connectivity index is 2.29. The Morgan fingerprint density at radius 2 is 2.38 bits per heavy atom. The number of benzene rings is 1. The molecule has 1 atom stereocenters. The Morgan fingerprint density at radius 3 is 3.00 bits per heavy atom. The molecule has 4 nitrogen and oxygen atoms in total. The first-order valence-corrected chi connectivity index (χ1v) is 5.80. The molecule has 1 heterocycles. The van der Waals surface area contributed by atoms with E-state index in [2.05, 4.69) is 20.9 Å². The first-order chi connectivity index (χ1) is 7.74. The molecule has 2 N–H and O–H groups in total. The van der Waals surface area contributed by atoms with Crippen molar-refractivity contribution in [1.29, 1.82) is 0 Å². The number of hydrogen-bond acceptors (Lipinski definition) is 4. The van der Waals surface area contributed by atoms with Gasteiger partial charge in [-0.15, -0.1) is 0 Å². The summed E-state index contributed by atoms with van der Waals surface area (Å²) < 4.78 is 11.7. The first kappa shape index (κ1) is 11.6. The van der Waals surface area contributed by atoms with Gasteiger partial charge in [0.2, 0.25) is 0 Å². The van der Waals surface area contributed by atoms with E-state index >= 15 is 0 Å². The van der Waals surface area contributed by atoms with Crippen molar-refractivity contribution in [3.05, 3.63) is 28.6 Å². The molecule has 0 amide bonds. The van der Waals surface area contributed by atoms with Crippen LogP contribution in [0.5, 0.6) is 0 Å². The van der Waals surface area contributed by atoms with Crippen LogP contribution in [0, 0.1) is 0 Å². The van der Waals surface area contributed by atoms with E-state index in [-0.39, 0.29) is 6.10 Å². The van der Waals surface area contributed by atoms with Crippen LogP contribution in [0.2, 0.25) is 0 Å². The average Bonchev–Trinajstić information content (AvgIpc) is 2.70. The summed E-state index contributed by atoms with van der Waals surface area (Å²) in [7, 11) is 1.64. The summed E-state index contributed by atoms with van der Waals surface area (Å²) in [6.45, 7) is 0.455. The Bertz CT molecular complexity index is 480. The molecule has 1 aromatic heterocycles. The number of hydrogen-bond donors (Lipinski definition) is 1. The normalized spacial score (nSPS) is 13.2. The van der Waals surface area contributed by atoms with E-state index in [4.69, 9.17) is 14.9 Å². The summed E-state index contributed by atoms with van der Waals surface area (Å²) in [6.07, 6.45) is 0.542. The Kier molecular flexibility index (Phi) is 3.58. The van der Waals surface area contributed by atoms with Gasteiger partial charge in [0.05, 0.1) is 17.0 Å². The smallest absolute Gasteiger partial charge is 0.198 e. The highest BCUT2D eigenvalue weighted by molar-refractivity contribution is 9.10. The summed E-state index contributed by atoms with van der Waals surface area (Å²) >= 11 is 3.42. The minimum Gasteiger partial charge on any atom is -0.439 e. The van der Waals surface area contributed by atoms with Gasteiger partial charge in [0.25, 0.3) is 0 Å². The van der Waals surface area contributed by atoms with E-state index in [0.29, 0.717) is 18.9 Å². The number of oxazole rings is 1. The van der Waals surface area contributed by atoms with Gasteiger partial charge in [-0.05, 0) is 28.1 Å². The lowest BCUT2D eigenvalue weighted by Crippen LogP contribution is -2.24. The fourth-order valence-electron chi connectivity index (χ4n) is 1.51. The SMILES string of the molecule is COC(CN)Cc1nc2cccc(Br)c2o1. The summed E-state index contributed by atoms with van der Waals surface area (Å²) in [5.41, 5.74) is 7.16. The largest absolute Gasteiger partial charge is 0.439 e. The van der Waals surface area contributed by atoms with Gasteiger partial charge in [-0.1, -0.05) is 6.07 Å². The summed E-state index contributed by atoms with van der Waals surface area (Å²) in [4.78, 5) is 4.38. The van der Waals surface area contributed by atoms with Crippen LogP contribution in [0.25, 0.3) is 11.1 Å². The number of methoxy groups -OCH3 is 1. The van der Waals surface area contributed by atoms with E-state index < -0.39 is 0 Å². The van der Waals surface area contributed by atoms with Crippen molar-refractivity contribution in [2.45, 2.75) is 12.5 Å². The van der Waals surface area contributed by atoms with Crippen molar-refractivity contribution in [1.82, 2.24) is 4.98 Å². The highest BCUT2D eigenvalue weighted by Crippen LogP contribution is 2.24. The zero-order valence-corrected chi connectivity index (χ0v) is 10.5. The van der Waals surface area contributed by atoms with Crippen LogP contribution >= 0.6 is 15.9 Å². The number of ether oxygens (including phenoxy) is 1. The second-order valence-electron chi connectivity index (χ2n) is 3.49. The molecule has 0 bridgehead atoms. The third-order valence-corrected chi connectivity index (χ3v) is 3.03. The number of para-hydroxylation sites is 1. The molecule has 2 rings (SSSR count). The Labute approximate surface area is 102 Å². The lowest BCUT2D eigenvalue weighted by molar-refractivity contribution is 0.104. The van der Waals surface area contributed by atoms with Crippen LogP contribution in [-0.2, 0) is 11.2 Å². The highest BCUT2D eigenvalue weighted by Gasteiger charge is 2.13. The molecular weight excluding hydrogens is 272 g/mol. The van der Waals surface area contributed by atoms with Gasteiger partial charge in [-0.3, -0.25) is 0 Å². The maximum atomic E-state index is 5.64. The van der Waals surface area contributed by atoms with Crippen LogP contribution in [-0.4, -0.2) is 24.7 Å². The molecule has 0 aliphatic carbocycles. The van der Waals surface area contributed by atoms with Gasteiger partial charge >= 0.3 is 0 Å². The molecular formula is C11H13BrN2O2. The fourth-order valence-corrected chi connectivity index (χ4v) is 1.94. The quantitative estimate of drug-likeness (QED) is 0.934. The lowest BCUT2D eigenvalue weighted by atomic mass is 10.2. The standard InChI is InChI=1S/C11H13BrN2O2/c1-15-7(6-13)5-10-14-9-4-2-3-8(12)11(9)16-10/h2-4,7H,5-6,13H2,1H3. The second-order valence-corrected chi connectivity index (χ2v) is 4.35. The van der Waals surface area contributed by atoms with Gasteiger partial charge in [0.15, 0.2) is 11.5 Å². The van der Waals surface area contributed by atoms with E-state index in [1.807, 2.05) is 18.2 Å². The van der Waals surface area contributed by atoms with Gasteiger partial charge in [-0.25, -0.2) is 4.98 Å². The number of rotatable bonds is 4. The van der Waals surface area contributed by atoms with Crippen molar-refractivity contribution in [3.8, 4) is 0 Å². The molecule has 2 aromatic rings. The van der Waals surface area contributed by atoms with Crippen LogP contribution in [0.4, 0.5) is 0 Å². The molecule has 16 heavy (non-hydrogen) atoms. The minimum atomic E-state index is -0.0492. The monoisotopic (exact) mass is 284 g/mol. The van der Waals surface area contributed by atoms with Gasteiger partial charge in [0, 0.05) is 13.7 Å². The third-order valence-electron chi connectivity index (χ3n) is 2.41. The molecule has 0 aliphatic heterocycles. The van der Waals surface area contributed by atoms with Crippen molar-refractivity contribution in [2.75, 3.05) is 13.7 Å². The van der Waals surface area contributed by atoms with E-state index in [1.54, 1.807) is 7.11 Å². The van der Waals surface area contributed by atoms with Crippen LogP contribution < -0.4 is 5.73 Å². The molecule has 86 valence electrons. The molecule has 0 radical (unpaired) electrons. The van der Waals surface area contributed by atoms with Crippen molar-refractivity contribution >= 4 is 27.0 Å². The average molecular weight is 285 g/mol. The number of aromatic nitrogens is 1. The maximum absolute atomic E-state index is 5.64. The zero-order valence-electron chi connectivity index (χ0n) is 8.94. The molecule has 1 unspecified atom stereocenters. The Hall–Kier alpha value is -0.910. The maximum Gasteiger partial charge on any atom is 0.198 e. The summed E-state index contributed by atoms with van der Waals surface area (Å²) in [5, 5.41) is 0. The van der Waals surface area contributed by atoms with E-state index in [9.17, 15) is 0 Å². The highest BCUT2D eigenvalue weighted by atomic mass is 79.9. The predicted molar refractivity (Wildman–Crippen MR) is 65.3 cm³/mol. The van der Waals surface area contributed by atoms with Crippen molar-refractivity contribution < 1.29 is 9.15 Å². The Morgan fingerprint density at radius 1 is 1.56 bits per heavy atom. The van der Waals surface area contributed by atoms with Gasteiger partial charge < -0.3 is 14.9 Å². The molecule has 0 saturated carbocycles. The van der Waals surface area contributed by atoms with Crippen LogP contribution in [0.1, 0.15) is 5.89 Å². The summed E-state index contributed by atoms with van der Waals surface area (Å²) in [5.74, 6) is 0.652. The lowest BCUT2D eigenvalue weighted by Gasteiger charge is -2.09. The molecule has 0 aliphatic rings. The number of nitrogens with zero attached hydrogens (tertiary/aromatic N) is 1. The minimum absolute atomic E-state index is 0.0492. The van der Waals surface area contributed by atoms with E-state index in [0.717, 1.165) is 15.6 Å². The number of fused-ring (bicyclic) bond motifs is 1. The third kappa shape index (κ3) is 2.26. The molecule has 1 aromatic carbocycles. The topological polar surface area (TPSA) is 61.3 Å². The summed E-state index contributed by atoms with van der Waals surface area (Å²) in [6, 6.07) is 5.76. The van der Waals surface area contributed by atoms with Gasteiger partial charge in [0.1, 0.15) is 5.52 Å². The molecule has 0 fully saturated rings. The predicted octanol–water partition coefficient (Wildman–Crippen LogP) is 2.11. The molecule has 0 saturated heterocycles. The fraction of sp³-hybridized carbons (Fsp3) is 0.364. The second kappa shape index (κ2) is 4.95. The number of nitrogens with two attached hydrogens (primary N) is 1. The van der Waals surface area contributed by atoms with Gasteiger partial charge in [-0.2, -0.15) is 0 Å². The van der Waals surface area contributed by atoms with Crippen LogP contribution in [0.3, 0.4) is 0 Å².